The summed E-state index contributed by atoms with van der Waals surface area (Å²) in [5.74, 6) is 0.453. The first kappa shape index (κ1) is 34.3. The van der Waals surface area contributed by atoms with Crippen molar-refractivity contribution in [2.75, 3.05) is 42.5 Å². The summed E-state index contributed by atoms with van der Waals surface area (Å²) in [5.41, 5.74) is 1.02. The number of nitrogens with one attached hydrogen (secondary N) is 1. The van der Waals surface area contributed by atoms with Crippen LogP contribution < -0.4 is 15.1 Å². The highest BCUT2D eigenvalue weighted by Gasteiger charge is 2.38. The molecular weight excluding hydrogens is 626 g/mol. The molecule has 0 bridgehead atoms. The van der Waals surface area contributed by atoms with Crippen LogP contribution in [0.1, 0.15) is 72.0 Å². The van der Waals surface area contributed by atoms with E-state index in [1.54, 1.807) is 11.9 Å². The normalized spacial score (nSPS) is 17.8. The number of piperidine rings is 1. The third-order valence-electron chi connectivity index (χ3n) is 8.89. The molecule has 2 aliphatic rings. The largest absolute Gasteiger partial charge is 0.416 e. The van der Waals surface area contributed by atoms with Gasteiger partial charge < -0.3 is 20.0 Å². The van der Waals surface area contributed by atoms with Crippen molar-refractivity contribution >= 4 is 17.7 Å². The maximum atomic E-state index is 13.8. The van der Waals surface area contributed by atoms with Gasteiger partial charge >= 0.3 is 18.4 Å². The SMILES string of the molecule is CCNC(=O)N1CCC(CN2CCCC(N(Cc3cc(C(F)(F)F)cc(C(F)(F)F)c3)c3nnn(C)n3)c3cc(C)cc(C)c32)CC1. The second kappa shape index (κ2) is 13.6. The van der Waals surface area contributed by atoms with Crippen LogP contribution in [0, 0.1) is 19.8 Å². The van der Waals surface area contributed by atoms with Crippen molar-refractivity contribution in [3.63, 3.8) is 0 Å². The second-order valence-corrected chi connectivity index (χ2v) is 12.5. The van der Waals surface area contributed by atoms with Gasteiger partial charge in [0.15, 0.2) is 0 Å². The van der Waals surface area contributed by atoms with E-state index in [0.717, 1.165) is 53.9 Å². The summed E-state index contributed by atoms with van der Waals surface area (Å²) in [5, 5.41) is 15.3. The van der Waals surface area contributed by atoms with Crippen molar-refractivity contribution < 1.29 is 31.1 Å². The van der Waals surface area contributed by atoms with Gasteiger partial charge in [-0.3, -0.25) is 0 Å². The average Bonchev–Trinajstić information content (AvgIpc) is 3.34. The Morgan fingerprint density at radius 2 is 1.62 bits per heavy atom. The summed E-state index contributed by atoms with van der Waals surface area (Å²) in [6.45, 7) is 8.95. The third-order valence-corrected chi connectivity index (χ3v) is 8.89. The lowest BCUT2D eigenvalue weighted by atomic mass is 9.93. The van der Waals surface area contributed by atoms with Gasteiger partial charge in [-0.05, 0) is 92.5 Å². The Balaban J connectivity index is 1.51. The van der Waals surface area contributed by atoms with Crippen LogP contribution in [0.4, 0.5) is 42.8 Å². The van der Waals surface area contributed by atoms with Crippen LogP contribution in [0.5, 0.6) is 0 Å². The van der Waals surface area contributed by atoms with Gasteiger partial charge in [0.2, 0.25) is 0 Å². The predicted molar refractivity (Wildman–Crippen MR) is 165 cm³/mol. The minimum absolute atomic E-state index is 0.0546. The third kappa shape index (κ3) is 7.92. The van der Waals surface area contributed by atoms with E-state index in [0.29, 0.717) is 44.9 Å². The number of anilines is 2. The first-order valence-corrected chi connectivity index (χ1v) is 15.8. The zero-order chi connectivity index (χ0) is 34.1. The van der Waals surface area contributed by atoms with E-state index in [4.69, 9.17) is 0 Å². The van der Waals surface area contributed by atoms with E-state index in [1.807, 2.05) is 31.7 Å². The zero-order valence-corrected chi connectivity index (χ0v) is 26.9. The Morgan fingerprint density at radius 1 is 0.957 bits per heavy atom. The molecule has 1 fully saturated rings. The Bertz CT molecular complexity index is 1530. The molecule has 1 N–H and O–H groups in total. The quantitative estimate of drug-likeness (QED) is 0.285. The molecule has 0 aliphatic carbocycles. The molecular formula is C32H40F6N8O. The topological polar surface area (TPSA) is 82.4 Å². The number of tetrazole rings is 1. The Kier molecular flexibility index (Phi) is 9.92. The van der Waals surface area contributed by atoms with Gasteiger partial charge in [0.1, 0.15) is 0 Å². The van der Waals surface area contributed by atoms with E-state index >= 15 is 0 Å². The number of benzene rings is 2. The van der Waals surface area contributed by atoms with E-state index < -0.39 is 29.5 Å². The number of likely N-dealkylation sites (tertiary alicyclic amines) is 1. The number of aromatic nitrogens is 4. The lowest BCUT2D eigenvalue weighted by molar-refractivity contribution is -0.143. The molecule has 1 unspecified atom stereocenters. The van der Waals surface area contributed by atoms with Crippen LogP contribution >= 0.6 is 0 Å². The number of urea groups is 1. The van der Waals surface area contributed by atoms with Crippen LogP contribution in [0.3, 0.4) is 0 Å². The molecule has 256 valence electrons. The molecule has 9 nitrogen and oxygen atoms in total. The minimum Gasteiger partial charge on any atom is -0.371 e. The summed E-state index contributed by atoms with van der Waals surface area (Å²) in [6.07, 6.45) is -6.96. The molecule has 47 heavy (non-hydrogen) atoms. The van der Waals surface area contributed by atoms with Gasteiger partial charge in [-0.2, -0.15) is 31.1 Å². The Morgan fingerprint density at radius 3 is 2.19 bits per heavy atom. The number of carbonyl (C=O) groups is 1. The molecule has 0 saturated carbocycles. The van der Waals surface area contributed by atoms with Crippen LogP contribution in [-0.2, 0) is 25.9 Å². The fourth-order valence-electron chi connectivity index (χ4n) is 6.84. The van der Waals surface area contributed by atoms with E-state index in [9.17, 15) is 31.1 Å². The van der Waals surface area contributed by atoms with Crippen molar-refractivity contribution in [3.05, 3.63) is 63.7 Å². The molecule has 1 aromatic heterocycles. The number of aryl methyl sites for hydroxylation is 3. The summed E-state index contributed by atoms with van der Waals surface area (Å²) in [6, 6.07) is 5.27. The molecule has 0 radical (unpaired) electrons. The number of alkyl halides is 6. The first-order valence-electron chi connectivity index (χ1n) is 15.8. The summed E-state index contributed by atoms with van der Waals surface area (Å²) >= 11 is 0. The molecule has 3 heterocycles. The van der Waals surface area contributed by atoms with Crippen LogP contribution in [0.25, 0.3) is 0 Å². The maximum absolute atomic E-state index is 13.8. The van der Waals surface area contributed by atoms with Gasteiger partial charge in [-0.15, -0.1) is 5.10 Å². The van der Waals surface area contributed by atoms with Gasteiger partial charge in [0.25, 0.3) is 5.95 Å². The number of rotatable bonds is 7. The summed E-state index contributed by atoms with van der Waals surface area (Å²) in [7, 11) is 1.55. The number of carbonyl (C=O) groups excluding carboxylic acids is 1. The molecule has 3 aromatic rings. The molecule has 0 spiro atoms. The molecule has 1 saturated heterocycles. The minimum atomic E-state index is -4.97. The van der Waals surface area contributed by atoms with Crippen molar-refractivity contribution in [3.8, 4) is 0 Å². The molecule has 15 heteroatoms. The molecule has 2 aromatic carbocycles. The average molecular weight is 667 g/mol. The smallest absolute Gasteiger partial charge is 0.371 e. The van der Waals surface area contributed by atoms with Crippen LogP contribution in [0.15, 0.2) is 30.3 Å². The summed E-state index contributed by atoms with van der Waals surface area (Å²) < 4.78 is 82.7. The van der Waals surface area contributed by atoms with E-state index in [1.165, 1.54) is 4.80 Å². The number of amides is 2. The lowest BCUT2D eigenvalue weighted by Gasteiger charge is -2.37. The van der Waals surface area contributed by atoms with Crippen LogP contribution in [-0.4, -0.2) is 63.9 Å². The van der Waals surface area contributed by atoms with Gasteiger partial charge in [-0.1, -0.05) is 22.8 Å². The van der Waals surface area contributed by atoms with Crippen molar-refractivity contribution in [1.82, 2.24) is 30.4 Å². The van der Waals surface area contributed by atoms with Crippen LogP contribution in [0.2, 0.25) is 0 Å². The fourth-order valence-corrected chi connectivity index (χ4v) is 6.84. The predicted octanol–water partition coefficient (Wildman–Crippen LogP) is 6.65. The highest BCUT2D eigenvalue weighted by molar-refractivity contribution is 5.74. The number of nitrogens with zero attached hydrogens (tertiary/aromatic N) is 7. The second-order valence-electron chi connectivity index (χ2n) is 12.5. The van der Waals surface area contributed by atoms with E-state index in [-0.39, 0.29) is 30.2 Å². The Labute approximate surface area is 269 Å². The summed E-state index contributed by atoms with van der Waals surface area (Å²) in [4.78, 5) is 19.4. The van der Waals surface area contributed by atoms with Gasteiger partial charge in [0, 0.05) is 45.0 Å². The highest BCUT2D eigenvalue weighted by Crippen LogP contribution is 2.43. The van der Waals surface area contributed by atoms with Crippen molar-refractivity contribution in [1.29, 1.82) is 0 Å². The lowest BCUT2D eigenvalue weighted by Crippen LogP contribution is -2.46. The van der Waals surface area contributed by atoms with Gasteiger partial charge in [-0.25, -0.2) is 4.79 Å². The number of hydrogen-bond donors (Lipinski definition) is 1. The maximum Gasteiger partial charge on any atom is 0.416 e. The standard InChI is InChI=1S/C32H40F6N8O/c1-5-39-30(47)44-11-8-22(9-12-44)18-45-10-6-7-27(26-14-20(2)13-21(3)28(26)45)46(29-40-42-43(4)41-29)19-23-15-24(31(33,34)35)17-25(16-23)32(36,37)38/h13-17,22,27H,5-12,18-19H2,1-4H3,(H,39,47). The zero-order valence-electron chi connectivity index (χ0n) is 26.9. The highest BCUT2D eigenvalue weighted by atomic mass is 19.4. The number of hydrogen-bond acceptors (Lipinski definition) is 6. The monoisotopic (exact) mass is 666 g/mol. The van der Waals surface area contributed by atoms with E-state index in [2.05, 4.69) is 31.7 Å². The first-order chi connectivity index (χ1) is 22.1. The fraction of sp³-hybridized carbons (Fsp3) is 0.562. The number of halogens is 6. The number of fused-ring (bicyclic) bond motifs is 1. The molecule has 2 aliphatic heterocycles. The molecule has 1 atom stereocenters. The Hall–Kier alpha value is -4.04. The van der Waals surface area contributed by atoms with Crippen molar-refractivity contribution in [2.24, 2.45) is 13.0 Å². The molecule has 5 rings (SSSR count). The van der Waals surface area contributed by atoms with Crippen molar-refractivity contribution in [2.45, 2.75) is 71.4 Å². The molecule has 2 amide bonds. The van der Waals surface area contributed by atoms with Gasteiger partial charge in [0.05, 0.1) is 24.2 Å².